The van der Waals surface area contributed by atoms with E-state index >= 15 is 0 Å². The Bertz CT molecular complexity index is 709. The molecule has 0 amide bonds. The maximum Gasteiger partial charge on any atom is 0.138 e. The summed E-state index contributed by atoms with van der Waals surface area (Å²) in [5.41, 5.74) is 3.01. The second-order valence-corrected chi connectivity index (χ2v) is 6.15. The molecule has 0 aliphatic rings. The predicted molar refractivity (Wildman–Crippen MR) is 83.7 cm³/mol. The molecule has 108 valence electrons. The number of nitrogens with zero attached hydrogens (tertiary/aromatic N) is 5. The molecule has 0 unspecified atom stereocenters. The lowest BCUT2D eigenvalue weighted by atomic mass is 10.3. The molecule has 2 heterocycles. The SMILES string of the molecule is CN(Cc1cnn(-c2ccccc2)c1)Cc1nnsc1Cl. The molecule has 1 aromatic carbocycles. The largest absolute Gasteiger partial charge is 0.296 e. The van der Waals surface area contributed by atoms with Crippen LogP contribution in [0.5, 0.6) is 0 Å². The summed E-state index contributed by atoms with van der Waals surface area (Å²) >= 11 is 7.24. The van der Waals surface area contributed by atoms with Crippen molar-refractivity contribution in [3.8, 4) is 5.69 Å². The van der Waals surface area contributed by atoms with Crippen LogP contribution < -0.4 is 0 Å². The highest BCUT2D eigenvalue weighted by Gasteiger charge is 2.10. The van der Waals surface area contributed by atoms with E-state index in [1.165, 1.54) is 11.5 Å². The van der Waals surface area contributed by atoms with Crippen LogP contribution in [0.4, 0.5) is 0 Å². The minimum Gasteiger partial charge on any atom is -0.296 e. The van der Waals surface area contributed by atoms with E-state index in [-0.39, 0.29) is 0 Å². The van der Waals surface area contributed by atoms with Gasteiger partial charge in [-0.2, -0.15) is 5.10 Å². The molecule has 7 heteroatoms. The summed E-state index contributed by atoms with van der Waals surface area (Å²) in [4.78, 5) is 2.13. The number of hydrogen-bond acceptors (Lipinski definition) is 5. The van der Waals surface area contributed by atoms with Gasteiger partial charge in [-0.25, -0.2) is 4.68 Å². The van der Waals surface area contributed by atoms with E-state index in [4.69, 9.17) is 11.6 Å². The zero-order valence-corrected chi connectivity index (χ0v) is 13.1. The van der Waals surface area contributed by atoms with Crippen LogP contribution in [0.2, 0.25) is 4.34 Å². The van der Waals surface area contributed by atoms with E-state index in [1.807, 2.05) is 54.5 Å². The van der Waals surface area contributed by atoms with E-state index in [1.54, 1.807) is 0 Å². The molecular formula is C14H14ClN5S. The van der Waals surface area contributed by atoms with E-state index < -0.39 is 0 Å². The fraction of sp³-hybridized carbons (Fsp3) is 0.214. The smallest absolute Gasteiger partial charge is 0.138 e. The molecule has 0 fully saturated rings. The minimum atomic E-state index is 0.654. The van der Waals surface area contributed by atoms with E-state index in [9.17, 15) is 0 Å². The van der Waals surface area contributed by atoms with Crippen molar-refractivity contribution < 1.29 is 0 Å². The van der Waals surface area contributed by atoms with Gasteiger partial charge in [-0.15, -0.1) is 5.10 Å². The molecule has 0 saturated heterocycles. The van der Waals surface area contributed by atoms with Crippen molar-refractivity contribution in [2.45, 2.75) is 13.1 Å². The maximum absolute atomic E-state index is 6.02. The number of halogens is 1. The van der Waals surface area contributed by atoms with Crippen LogP contribution in [0.3, 0.4) is 0 Å². The molecule has 3 rings (SSSR count). The molecule has 0 saturated carbocycles. The summed E-state index contributed by atoms with van der Waals surface area (Å²) in [7, 11) is 2.02. The van der Waals surface area contributed by atoms with Gasteiger partial charge in [0.05, 0.1) is 11.9 Å². The lowest BCUT2D eigenvalue weighted by Crippen LogP contribution is -2.17. The van der Waals surface area contributed by atoms with E-state index in [0.717, 1.165) is 23.5 Å². The molecule has 0 radical (unpaired) electrons. The van der Waals surface area contributed by atoms with Crippen LogP contribution in [0, 0.1) is 0 Å². The molecular weight excluding hydrogens is 306 g/mol. The van der Waals surface area contributed by atoms with Crippen molar-refractivity contribution in [3.63, 3.8) is 0 Å². The Morgan fingerprint density at radius 1 is 1.24 bits per heavy atom. The number of hydrogen-bond donors (Lipinski definition) is 0. The van der Waals surface area contributed by atoms with Crippen molar-refractivity contribution >= 4 is 23.1 Å². The van der Waals surface area contributed by atoms with Crippen LogP contribution in [-0.4, -0.2) is 31.3 Å². The highest BCUT2D eigenvalue weighted by molar-refractivity contribution is 7.10. The summed E-state index contributed by atoms with van der Waals surface area (Å²) in [6.45, 7) is 1.45. The second-order valence-electron chi connectivity index (χ2n) is 4.79. The maximum atomic E-state index is 6.02. The lowest BCUT2D eigenvalue weighted by molar-refractivity contribution is 0.315. The van der Waals surface area contributed by atoms with Crippen molar-refractivity contribution in [1.82, 2.24) is 24.3 Å². The molecule has 0 atom stereocenters. The first-order chi connectivity index (χ1) is 10.2. The highest BCUT2D eigenvalue weighted by Crippen LogP contribution is 2.19. The molecule has 0 N–H and O–H groups in total. The molecule has 2 aromatic heterocycles. The standard InChI is InChI=1S/C14H14ClN5S/c1-19(10-13-14(15)21-18-17-13)8-11-7-16-20(9-11)12-5-3-2-4-6-12/h2-7,9H,8,10H2,1H3. The Kier molecular flexibility index (Phi) is 4.28. The fourth-order valence-corrected chi connectivity index (χ4v) is 2.69. The van der Waals surface area contributed by atoms with Crippen LogP contribution in [0.1, 0.15) is 11.3 Å². The molecule has 0 spiro atoms. The summed E-state index contributed by atoms with van der Waals surface area (Å²) in [6.07, 6.45) is 3.91. The van der Waals surface area contributed by atoms with Crippen LogP contribution in [0.25, 0.3) is 5.69 Å². The first-order valence-electron chi connectivity index (χ1n) is 6.46. The van der Waals surface area contributed by atoms with Crippen LogP contribution >= 0.6 is 23.1 Å². The molecule has 0 aliphatic heterocycles. The van der Waals surface area contributed by atoms with Crippen LogP contribution in [0.15, 0.2) is 42.7 Å². The first-order valence-corrected chi connectivity index (χ1v) is 7.62. The van der Waals surface area contributed by atoms with Crippen molar-refractivity contribution in [2.24, 2.45) is 0 Å². The zero-order valence-electron chi connectivity index (χ0n) is 11.5. The van der Waals surface area contributed by atoms with E-state index in [0.29, 0.717) is 10.9 Å². The van der Waals surface area contributed by atoms with Gasteiger partial charge < -0.3 is 0 Å². The topological polar surface area (TPSA) is 46.8 Å². The quantitative estimate of drug-likeness (QED) is 0.725. The number of benzene rings is 1. The molecule has 3 aromatic rings. The molecule has 0 bridgehead atoms. The third kappa shape index (κ3) is 3.47. The van der Waals surface area contributed by atoms with Gasteiger partial charge in [0.15, 0.2) is 0 Å². The highest BCUT2D eigenvalue weighted by atomic mass is 35.5. The van der Waals surface area contributed by atoms with Gasteiger partial charge in [0, 0.05) is 36.4 Å². The van der Waals surface area contributed by atoms with Gasteiger partial charge in [-0.05, 0) is 19.2 Å². The van der Waals surface area contributed by atoms with Gasteiger partial charge in [0.1, 0.15) is 10.0 Å². The van der Waals surface area contributed by atoms with Gasteiger partial charge in [0.25, 0.3) is 0 Å². The molecule has 21 heavy (non-hydrogen) atoms. The monoisotopic (exact) mass is 319 g/mol. The first kappa shape index (κ1) is 14.2. The summed E-state index contributed by atoms with van der Waals surface area (Å²) in [5, 5.41) is 8.42. The molecule has 0 aliphatic carbocycles. The van der Waals surface area contributed by atoms with Gasteiger partial charge in [-0.1, -0.05) is 34.3 Å². The Morgan fingerprint density at radius 2 is 2.05 bits per heavy atom. The van der Waals surface area contributed by atoms with Crippen molar-refractivity contribution in [3.05, 3.63) is 58.3 Å². The summed E-state index contributed by atoms with van der Waals surface area (Å²) in [5.74, 6) is 0. The Morgan fingerprint density at radius 3 is 2.76 bits per heavy atom. The van der Waals surface area contributed by atoms with Crippen molar-refractivity contribution in [1.29, 1.82) is 0 Å². The zero-order chi connectivity index (χ0) is 14.7. The fourth-order valence-electron chi connectivity index (χ4n) is 2.08. The number of rotatable bonds is 5. The van der Waals surface area contributed by atoms with Gasteiger partial charge >= 0.3 is 0 Å². The molecule has 5 nitrogen and oxygen atoms in total. The van der Waals surface area contributed by atoms with Gasteiger partial charge in [0.2, 0.25) is 0 Å². The third-order valence-corrected chi connectivity index (χ3v) is 4.02. The lowest BCUT2D eigenvalue weighted by Gasteiger charge is -2.13. The summed E-state index contributed by atoms with van der Waals surface area (Å²) < 4.78 is 6.37. The van der Waals surface area contributed by atoms with Crippen LogP contribution in [-0.2, 0) is 13.1 Å². The summed E-state index contributed by atoms with van der Waals surface area (Å²) in [6, 6.07) is 10.1. The average Bonchev–Trinajstić information content (AvgIpc) is 3.10. The number of aromatic nitrogens is 4. The third-order valence-electron chi connectivity index (χ3n) is 3.04. The number of para-hydroxylation sites is 1. The predicted octanol–water partition coefficient (Wildman–Crippen LogP) is 3.01. The minimum absolute atomic E-state index is 0.654. The normalized spacial score (nSPS) is 11.2. The average molecular weight is 320 g/mol. The van der Waals surface area contributed by atoms with Gasteiger partial charge in [-0.3, -0.25) is 4.90 Å². The Labute approximate surface area is 131 Å². The second kappa shape index (κ2) is 6.34. The van der Waals surface area contributed by atoms with E-state index in [2.05, 4.69) is 19.6 Å². The Hall–Kier alpha value is -1.76. The Balaban J connectivity index is 1.66. The van der Waals surface area contributed by atoms with Crippen molar-refractivity contribution in [2.75, 3.05) is 7.05 Å².